The first-order valence-electron chi connectivity index (χ1n) is 5.23. The first kappa shape index (κ1) is 13.0. The van der Waals surface area contributed by atoms with Crippen molar-refractivity contribution in [2.24, 2.45) is 5.14 Å². The number of carbonyl (C=O) groups excluding carboxylic acids is 1. The molecule has 1 amide bonds. The van der Waals surface area contributed by atoms with Crippen LogP contribution in [0.25, 0.3) is 0 Å². The van der Waals surface area contributed by atoms with E-state index in [4.69, 9.17) is 10.3 Å². The summed E-state index contributed by atoms with van der Waals surface area (Å²) in [6, 6.07) is 5.98. The quantitative estimate of drug-likeness (QED) is 0.406. The predicted octanol–water partition coefficient (Wildman–Crippen LogP) is -1.01. The van der Waals surface area contributed by atoms with Gasteiger partial charge >= 0.3 is 0 Å². The lowest BCUT2D eigenvalue weighted by atomic mass is 9.95. The van der Waals surface area contributed by atoms with Gasteiger partial charge in [0.15, 0.2) is 5.37 Å². The van der Waals surface area contributed by atoms with Crippen molar-refractivity contribution in [3.63, 3.8) is 0 Å². The molecular weight excluding hydrogens is 258 g/mol. The number of nitrogens with two attached hydrogens (primary N) is 1. The first-order chi connectivity index (χ1) is 8.43. The zero-order valence-corrected chi connectivity index (χ0v) is 10.1. The summed E-state index contributed by atoms with van der Waals surface area (Å²) >= 11 is 0. The molecule has 1 aliphatic rings. The van der Waals surface area contributed by atoms with Crippen LogP contribution in [0.1, 0.15) is 16.5 Å². The molecule has 5 N–H and O–H groups in total. The fourth-order valence-electron chi connectivity index (χ4n) is 2.05. The molecule has 2 atom stereocenters. The number of benzene rings is 1. The highest BCUT2D eigenvalue weighted by Crippen LogP contribution is 2.27. The number of nitrogens with one attached hydrogen (secondary N) is 2. The average Bonchev–Trinajstić information content (AvgIpc) is 2.35. The van der Waals surface area contributed by atoms with E-state index < -0.39 is 27.3 Å². The Hall–Kier alpha value is -1.48. The zero-order valence-electron chi connectivity index (χ0n) is 9.33. The van der Waals surface area contributed by atoms with Gasteiger partial charge in [-0.1, -0.05) is 24.3 Å². The molecule has 2 unspecified atom stereocenters. The number of primary sulfonamides is 1. The van der Waals surface area contributed by atoms with Gasteiger partial charge in [-0.3, -0.25) is 15.3 Å². The van der Waals surface area contributed by atoms with Gasteiger partial charge in [0, 0.05) is 0 Å². The maximum atomic E-state index is 11.5. The number of hydrogen-bond donors (Lipinski definition) is 4. The number of rotatable bonds is 2. The molecule has 0 aromatic heterocycles. The van der Waals surface area contributed by atoms with Crippen LogP contribution in [-0.4, -0.2) is 25.6 Å². The smallest absolute Gasteiger partial charge is 0.260 e. The Morgan fingerprint density at radius 1 is 1.44 bits per heavy atom. The van der Waals surface area contributed by atoms with Gasteiger partial charge in [0.1, 0.15) is 0 Å². The van der Waals surface area contributed by atoms with E-state index in [9.17, 15) is 13.2 Å². The fourth-order valence-corrected chi connectivity index (χ4v) is 2.98. The summed E-state index contributed by atoms with van der Waals surface area (Å²) in [5, 5.41) is 15.2. The van der Waals surface area contributed by atoms with Gasteiger partial charge < -0.3 is 0 Å². The van der Waals surface area contributed by atoms with Crippen molar-refractivity contribution in [3.05, 3.63) is 35.4 Å². The van der Waals surface area contributed by atoms with Crippen molar-refractivity contribution in [1.29, 1.82) is 0 Å². The van der Waals surface area contributed by atoms with E-state index in [2.05, 4.69) is 5.32 Å². The molecule has 0 fully saturated rings. The van der Waals surface area contributed by atoms with E-state index in [-0.39, 0.29) is 6.42 Å². The molecule has 0 radical (unpaired) electrons. The van der Waals surface area contributed by atoms with E-state index in [1.807, 2.05) is 0 Å². The normalized spacial score (nSPS) is 23.2. The average molecular weight is 271 g/mol. The van der Waals surface area contributed by atoms with Gasteiger partial charge in [-0.2, -0.15) is 0 Å². The minimum Gasteiger partial charge on any atom is -0.289 e. The van der Waals surface area contributed by atoms with E-state index in [0.717, 1.165) is 0 Å². The van der Waals surface area contributed by atoms with Gasteiger partial charge in [0.2, 0.25) is 10.0 Å². The van der Waals surface area contributed by atoms with E-state index in [1.165, 1.54) is 5.48 Å². The van der Waals surface area contributed by atoms with Crippen LogP contribution in [-0.2, 0) is 21.2 Å². The lowest BCUT2D eigenvalue weighted by molar-refractivity contribution is -0.131. The third kappa shape index (κ3) is 2.36. The Morgan fingerprint density at radius 2 is 2.11 bits per heavy atom. The van der Waals surface area contributed by atoms with Crippen molar-refractivity contribution in [1.82, 2.24) is 10.8 Å². The number of hydroxylamine groups is 1. The number of sulfonamides is 1. The Kier molecular flexibility index (Phi) is 3.35. The molecule has 8 heteroatoms. The zero-order chi connectivity index (χ0) is 13.3. The van der Waals surface area contributed by atoms with Crippen LogP contribution in [0, 0.1) is 0 Å². The van der Waals surface area contributed by atoms with Crippen LogP contribution >= 0.6 is 0 Å². The molecule has 1 aromatic carbocycles. The number of amides is 1. The van der Waals surface area contributed by atoms with Gasteiger partial charge in [-0.15, -0.1) is 0 Å². The van der Waals surface area contributed by atoms with Gasteiger partial charge in [0.25, 0.3) is 5.91 Å². The minimum absolute atomic E-state index is 0.286. The molecule has 2 rings (SSSR count). The summed E-state index contributed by atoms with van der Waals surface area (Å²) in [6.45, 7) is 0. The molecular formula is C10H13N3O4S. The Bertz CT molecular complexity index is 572. The van der Waals surface area contributed by atoms with Crippen LogP contribution in [0.5, 0.6) is 0 Å². The second-order valence-electron chi connectivity index (χ2n) is 4.07. The largest absolute Gasteiger partial charge is 0.289 e. The second kappa shape index (κ2) is 4.65. The Morgan fingerprint density at radius 3 is 2.72 bits per heavy atom. The highest BCUT2D eigenvalue weighted by molar-refractivity contribution is 7.89. The molecule has 0 aliphatic carbocycles. The molecule has 1 aliphatic heterocycles. The number of carbonyl (C=O) groups is 1. The van der Waals surface area contributed by atoms with Crippen molar-refractivity contribution in [2.75, 3.05) is 0 Å². The fraction of sp³-hybridized carbons (Fsp3) is 0.300. The van der Waals surface area contributed by atoms with E-state index >= 15 is 0 Å². The highest BCUT2D eigenvalue weighted by atomic mass is 32.2. The molecule has 0 bridgehead atoms. The van der Waals surface area contributed by atoms with E-state index in [0.29, 0.717) is 11.1 Å². The van der Waals surface area contributed by atoms with Crippen LogP contribution < -0.4 is 15.9 Å². The summed E-state index contributed by atoms with van der Waals surface area (Å²) in [4.78, 5) is 11.4. The van der Waals surface area contributed by atoms with Crippen LogP contribution in [0.4, 0.5) is 0 Å². The lowest BCUT2D eigenvalue weighted by Gasteiger charge is -2.30. The summed E-state index contributed by atoms with van der Waals surface area (Å²) in [6.07, 6.45) is 0.286. The van der Waals surface area contributed by atoms with Crippen LogP contribution in [0.2, 0.25) is 0 Å². The molecule has 1 heterocycles. The summed E-state index contributed by atoms with van der Waals surface area (Å²) in [7, 11) is -3.89. The maximum absolute atomic E-state index is 11.5. The van der Waals surface area contributed by atoms with Gasteiger partial charge in [-0.05, 0) is 17.5 Å². The van der Waals surface area contributed by atoms with Crippen molar-refractivity contribution < 1.29 is 18.4 Å². The van der Waals surface area contributed by atoms with Crippen LogP contribution in [0.3, 0.4) is 0 Å². The molecule has 1 aromatic rings. The number of fused-ring (bicyclic) bond motifs is 1. The summed E-state index contributed by atoms with van der Waals surface area (Å²) in [5.41, 5.74) is 2.74. The van der Waals surface area contributed by atoms with E-state index in [1.54, 1.807) is 24.3 Å². The molecule has 0 saturated heterocycles. The van der Waals surface area contributed by atoms with Crippen molar-refractivity contribution in [3.8, 4) is 0 Å². The third-order valence-electron chi connectivity index (χ3n) is 2.87. The van der Waals surface area contributed by atoms with Gasteiger partial charge in [-0.25, -0.2) is 19.0 Å². The second-order valence-corrected chi connectivity index (χ2v) is 5.72. The SMILES string of the molecule is NS(=O)(=O)C1NC(C(=O)NO)Cc2ccccc21. The predicted molar refractivity (Wildman–Crippen MR) is 62.8 cm³/mol. The lowest BCUT2D eigenvalue weighted by Crippen LogP contribution is -2.51. The molecule has 18 heavy (non-hydrogen) atoms. The van der Waals surface area contributed by atoms with Crippen LogP contribution in [0.15, 0.2) is 24.3 Å². The summed E-state index contributed by atoms with van der Waals surface area (Å²) in [5.74, 6) is -0.696. The van der Waals surface area contributed by atoms with Crippen molar-refractivity contribution >= 4 is 15.9 Å². The molecule has 0 saturated carbocycles. The topological polar surface area (TPSA) is 122 Å². The van der Waals surface area contributed by atoms with Gasteiger partial charge in [0.05, 0.1) is 6.04 Å². The molecule has 0 spiro atoms. The number of hydrogen-bond acceptors (Lipinski definition) is 5. The maximum Gasteiger partial charge on any atom is 0.260 e. The molecule has 98 valence electrons. The minimum atomic E-state index is -3.89. The Balaban J connectivity index is 2.45. The third-order valence-corrected chi connectivity index (χ3v) is 3.92. The summed E-state index contributed by atoms with van der Waals surface area (Å²) < 4.78 is 23.1. The van der Waals surface area contributed by atoms with Crippen molar-refractivity contribution in [2.45, 2.75) is 17.8 Å². The standard InChI is InChI=1S/C10H13N3O4S/c11-18(16,17)10-7-4-2-1-3-6(7)5-8(12-10)9(14)13-15/h1-4,8,10,12,15H,5H2,(H,13,14)(H2,11,16,17). The Labute approximate surface area is 104 Å². The molecule has 7 nitrogen and oxygen atoms in total. The highest BCUT2D eigenvalue weighted by Gasteiger charge is 2.35. The first-order valence-corrected chi connectivity index (χ1v) is 6.84. The monoisotopic (exact) mass is 271 g/mol.